The number of carbonyl (C=O) groups excluding carboxylic acids is 1. The predicted octanol–water partition coefficient (Wildman–Crippen LogP) is 1.70. The van der Waals surface area contributed by atoms with Gasteiger partial charge in [0, 0.05) is 19.5 Å². The lowest BCUT2D eigenvalue weighted by molar-refractivity contribution is -0.127. The number of rotatable bonds is 6. The maximum absolute atomic E-state index is 12.4. The molecule has 0 fully saturated rings. The molecule has 1 heterocycles. The fourth-order valence-electron chi connectivity index (χ4n) is 2.89. The maximum Gasteiger partial charge on any atom is 0.261 e. The van der Waals surface area contributed by atoms with Gasteiger partial charge in [-0.3, -0.25) is 4.79 Å². The fourth-order valence-corrected chi connectivity index (χ4v) is 4.25. The number of nitrogens with one attached hydrogen (secondary N) is 2. The zero-order valence-electron chi connectivity index (χ0n) is 14.8. The molecule has 1 amide bonds. The third kappa shape index (κ3) is 4.05. The van der Waals surface area contributed by atoms with Gasteiger partial charge in [0.05, 0.1) is 4.90 Å². The van der Waals surface area contributed by atoms with E-state index in [1.165, 1.54) is 0 Å². The first-order valence-electron chi connectivity index (χ1n) is 8.46. The number of hydrogen-bond acceptors (Lipinski definition) is 4. The van der Waals surface area contributed by atoms with E-state index in [0.29, 0.717) is 12.0 Å². The van der Waals surface area contributed by atoms with Crippen LogP contribution in [-0.4, -0.2) is 33.5 Å². The van der Waals surface area contributed by atoms with Gasteiger partial charge < -0.3 is 10.1 Å². The SMILES string of the molecule is Cc1ccc(C)c(S(=O)(=O)NCCNC(=O)[C@H]2Cc3ccccc3O2)c1. The Balaban J connectivity index is 1.50. The van der Waals surface area contributed by atoms with E-state index in [0.717, 1.165) is 16.9 Å². The monoisotopic (exact) mass is 374 g/mol. The van der Waals surface area contributed by atoms with Crippen molar-refractivity contribution < 1.29 is 17.9 Å². The van der Waals surface area contributed by atoms with Crippen molar-refractivity contribution in [3.05, 3.63) is 59.2 Å². The first-order valence-corrected chi connectivity index (χ1v) is 9.94. The minimum absolute atomic E-state index is 0.112. The van der Waals surface area contributed by atoms with E-state index in [2.05, 4.69) is 10.0 Å². The number of fused-ring (bicyclic) bond motifs is 1. The van der Waals surface area contributed by atoms with Crippen LogP contribution in [0.5, 0.6) is 5.75 Å². The van der Waals surface area contributed by atoms with Crippen LogP contribution >= 0.6 is 0 Å². The predicted molar refractivity (Wildman–Crippen MR) is 98.7 cm³/mol. The second-order valence-corrected chi connectivity index (χ2v) is 8.11. The zero-order chi connectivity index (χ0) is 18.7. The minimum Gasteiger partial charge on any atom is -0.480 e. The smallest absolute Gasteiger partial charge is 0.261 e. The van der Waals surface area contributed by atoms with Crippen LogP contribution in [0, 0.1) is 13.8 Å². The molecule has 0 spiro atoms. The molecule has 0 aliphatic carbocycles. The van der Waals surface area contributed by atoms with Gasteiger partial charge in [0.1, 0.15) is 5.75 Å². The van der Waals surface area contributed by atoms with Gasteiger partial charge in [-0.25, -0.2) is 13.1 Å². The van der Waals surface area contributed by atoms with Gasteiger partial charge in [-0.15, -0.1) is 0 Å². The Morgan fingerprint density at radius 1 is 1.15 bits per heavy atom. The van der Waals surface area contributed by atoms with Crippen LogP contribution in [0.15, 0.2) is 47.4 Å². The van der Waals surface area contributed by atoms with Crippen molar-refractivity contribution in [2.75, 3.05) is 13.1 Å². The molecule has 0 saturated carbocycles. The Bertz CT molecular complexity index is 900. The highest BCUT2D eigenvalue weighted by Gasteiger charge is 2.28. The summed E-state index contributed by atoms with van der Waals surface area (Å²) in [5.74, 6) is 0.482. The average Bonchev–Trinajstić information content (AvgIpc) is 3.05. The molecule has 0 bridgehead atoms. The molecule has 6 nitrogen and oxygen atoms in total. The van der Waals surface area contributed by atoms with E-state index in [9.17, 15) is 13.2 Å². The first kappa shape index (κ1) is 18.4. The van der Waals surface area contributed by atoms with Crippen LogP contribution in [-0.2, 0) is 21.2 Å². The highest BCUT2D eigenvalue weighted by atomic mass is 32.2. The number of amides is 1. The number of carbonyl (C=O) groups is 1. The Labute approximate surface area is 153 Å². The fraction of sp³-hybridized carbons (Fsp3) is 0.316. The van der Waals surface area contributed by atoms with Gasteiger partial charge >= 0.3 is 0 Å². The van der Waals surface area contributed by atoms with Crippen LogP contribution in [0.25, 0.3) is 0 Å². The second kappa shape index (κ2) is 7.47. The summed E-state index contributed by atoms with van der Waals surface area (Å²) in [7, 11) is -3.61. The molecule has 2 N–H and O–H groups in total. The third-order valence-electron chi connectivity index (χ3n) is 4.29. The number of hydrogen-bond donors (Lipinski definition) is 2. The van der Waals surface area contributed by atoms with Crippen molar-refractivity contribution in [1.29, 1.82) is 0 Å². The lowest BCUT2D eigenvalue weighted by Gasteiger charge is -2.13. The van der Waals surface area contributed by atoms with Crippen LogP contribution in [0.1, 0.15) is 16.7 Å². The lowest BCUT2D eigenvalue weighted by atomic mass is 10.1. The summed E-state index contributed by atoms with van der Waals surface area (Å²) >= 11 is 0. The standard InChI is InChI=1S/C19H22N2O4S/c1-13-7-8-14(2)18(11-13)26(23,24)21-10-9-20-19(22)17-12-15-5-3-4-6-16(15)25-17/h3-8,11,17,21H,9-10,12H2,1-2H3,(H,20,22)/t17-/m1/s1. The van der Waals surface area contributed by atoms with Crippen molar-refractivity contribution in [2.45, 2.75) is 31.3 Å². The molecule has 3 rings (SSSR count). The summed E-state index contributed by atoms with van der Waals surface area (Å²) in [5, 5.41) is 2.72. The van der Waals surface area contributed by atoms with Gasteiger partial charge in [0.15, 0.2) is 6.10 Å². The van der Waals surface area contributed by atoms with Crippen molar-refractivity contribution in [2.24, 2.45) is 0 Å². The molecule has 2 aromatic rings. The quantitative estimate of drug-likeness (QED) is 0.754. The summed E-state index contributed by atoms with van der Waals surface area (Å²) < 4.78 is 33.0. The van der Waals surface area contributed by atoms with E-state index < -0.39 is 16.1 Å². The van der Waals surface area contributed by atoms with Gasteiger partial charge in [-0.1, -0.05) is 30.3 Å². The highest BCUT2D eigenvalue weighted by molar-refractivity contribution is 7.89. The summed E-state index contributed by atoms with van der Waals surface area (Å²) in [5.41, 5.74) is 2.56. The normalized spacial score (nSPS) is 16.0. The number of benzene rings is 2. The maximum atomic E-state index is 12.4. The number of sulfonamides is 1. The third-order valence-corrected chi connectivity index (χ3v) is 5.89. The van der Waals surface area contributed by atoms with Crippen molar-refractivity contribution >= 4 is 15.9 Å². The van der Waals surface area contributed by atoms with Crippen molar-refractivity contribution in [3.8, 4) is 5.75 Å². The molecule has 1 aliphatic rings. The van der Waals surface area contributed by atoms with E-state index in [4.69, 9.17) is 4.74 Å². The molecular weight excluding hydrogens is 352 g/mol. The Morgan fingerprint density at radius 3 is 2.69 bits per heavy atom. The second-order valence-electron chi connectivity index (χ2n) is 6.38. The molecule has 138 valence electrons. The summed E-state index contributed by atoms with van der Waals surface area (Å²) in [4.78, 5) is 12.5. The average molecular weight is 374 g/mol. The molecule has 7 heteroatoms. The molecule has 0 aromatic heterocycles. The molecule has 1 atom stereocenters. The van der Waals surface area contributed by atoms with Gasteiger partial charge in [0.25, 0.3) is 5.91 Å². The number of aryl methyl sites for hydroxylation is 2. The van der Waals surface area contributed by atoms with E-state index in [1.807, 2.05) is 37.3 Å². The van der Waals surface area contributed by atoms with Gasteiger partial charge in [0.2, 0.25) is 10.0 Å². The summed E-state index contributed by atoms with van der Waals surface area (Å²) in [6.45, 7) is 3.91. The van der Waals surface area contributed by atoms with Crippen LogP contribution in [0.2, 0.25) is 0 Å². The topological polar surface area (TPSA) is 84.5 Å². The van der Waals surface area contributed by atoms with Gasteiger partial charge in [-0.05, 0) is 42.7 Å². The molecule has 0 saturated heterocycles. The number of ether oxygens (including phenoxy) is 1. The van der Waals surface area contributed by atoms with Crippen LogP contribution in [0.4, 0.5) is 0 Å². The number of para-hydroxylation sites is 1. The molecule has 2 aromatic carbocycles. The van der Waals surface area contributed by atoms with Crippen molar-refractivity contribution in [1.82, 2.24) is 10.0 Å². The Hall–Kier alpha value is -2.38. The largest absolute Gasteiger partial charge is 0.480 e. The Morgan fingerprint density at radius 2 is 1.92 bits per heavy atom. The zero-order valence-corrected chi connectivity index (χ0v) is 15.6. The lowest BCUT2D eigenvalue weighted by Crippen LogP contribution is -2.41. The van der Waals surface area contributed by atoms with E-state index in [-0.39, 0.29) is 23.9 Å². The molecule has 0 radical (unpaired) electrons. The molecular formula is C19H22N2O4S. The van der Waals surface area contributed by atoms with Crippen molar-refractivity contribution in [3.63, 3.8) is 0 Å². The van der Waals surface area contributed by atoms with Crippen LogP contribution < -0.4 is 14.8 Å². The van der Waals surface area contributed by atoms with E-state index >= 15 is 0 Å². The van der Waals surface area contributed by atoms with E-state index in [1.54, 1.807) is 19.1 Å². The molecule has 26 heavy (non-hydrogen) atoms. The Kier molecular flexibility index (Phi) is 5.29. The highest BCUT2D eigenvalue weighted by Crippen LogP contribution is 2.28. The summed E-state index contributed by atoms with van der Waals surface area (Å²) in [6.07, 6.45) is -0.0426. The molecule has 0 unspecified atom stereocenters. The first-order chi connectivity index (χ1) is 12.4. The molecule has 1 aliphatic heterocycles. The summed E-state index contributed by atoms with van der Waals surface area (Å²) in [6, 6.07) is 12.8. The minimum atomic E-state index is -3.61. The van der Waals surface area contributed by atoms with Crippen LogP contribution in [0.3, 0.4) is 0 Å². The van der Waals surface area contributed by atoms with Gasteiger partial charge in [-0.2, -0.15) is 0 Å².